The van der Waals surface area contributed by atoms with Gasteiger partial charge in [0.05, 0.1) is 0 Å². The van der Waals surface area contributed by atoms with Crippen LogP contribution in [-0.4, -0.2) is 24.0 Å². The van der Waals surface area contributed by atoms with Gasteiger partial charge < -0.3 is 16.0 Å². The lowest BCUT2D eigenvalue weighted by Gasteiger charge is -2.18. The molecule has 102 valence electrons. The van der Waals surface area contributed by atoms with Gasteiger partial charge in [0.25, 0.3) is 0 Å². The Hall–Kier alpha value is -1.55. The number of carbonyl (C=O) groups excluding carboxylic acids is 1. The third kappa shape index (κ3) is 2.59. The summed E-state index contributed by atoms with van der Waals surface area (Å²) in [6, 6.07) is 7.77. The fourth-order valence-electron chi connectivity index (χ4n) is 3.33. The van der Waals surface area contributed by atoms with E-state index in [0.29, 0.717) is 6.54 Å². The van der Waals surface area contributed by atoms with Crippen molar-refractivity contribution >= 4 is 11.7 Å². The Morgan fingerprint density at radius 1 is 1.21 bits per heavy atom. The zero-order chi connectivity index (χ0) is 13.2. The van der Waals surface area contributed by atoms with Crippen molar-refractivity contribution in [1.82, 2.24) is 4.90 Å². The number of amides is 2. The number of rotatable bonds is 2. The third-order valence-corrected chi connectivity index (χ3v) is 4.45. The summed E-state index contributed by atoms with van der Waals surface area (Å²) in [6.45, 7) is 2.39. The van der Waals surface area contributed by atoms with Crippen LogP contribution in [0.15, 0.2) is 24.3 Å². The molecule has 2 fully saturated rings. The third-order valence-electron chi connectivity index (χ3n) is 4.45. The van der Waals surface area contributed by atoms with Crippen molar-refractivity contribution in [2.75, 3.05) is 18.4 Å². The van der Waals surface area contributed by atoms with Crippen molar-refractivity contribution in [2.24, 2.45) is 17.6 Å². The Morgan fingerprint density at radius 2 is 1.84 bits per heavy atom. The second kappa shape index (κ2) is 5.21. The quantitative estimate of drug-likeness (QED) is 0.857. The van der Waals surface area contributed by atoms with E-state index in [2.05, 4.69) is 5.32 Å². The number of fused-ring (bicyclic) bond motifs is 1. The van der Waals surface area contributed by atoms with Crippen molar-refractivity contribution in [1.29, 1.82) is 0 Å². The number of benzene rings is 1. The van der Waals surface area contributed by atoms with Crippen LogP contribution in [0.1, 0.15) is 24.8 Å². The molecule has 4 nitrogen and oxygen atoms in total. The summed E-state index contributed by atoms with van der Waals surface area (Å²) in [5, 5.41) is 2.97. The molecule has 1 saturated heterocycles. The predicted octanol–water partition coefficient (Wildman–Crippen LogP) is 2.41. The highest BCUT2D eigenvalue weighted by Gasteiger charge is 2.37. The minimum Gasteiger partial charge on any atom is -0.326 e. The maximum atomic E-state index is 12.2. The molecule has 0 aromatic heterocycles. The standard InChI is InChI=1S/C15H21N3O/c16-8-11-4-6-14(7-5-11)17-15(19)18-9-12-2-1-3-13(12)10-18/h4-7,12-13H,1-3,8-10,16H2,(H,17,19). The summed E-state index contributed by atoms with van der Waals surface area (Å²) in [5.41, 5.74) is 7.48. The van der Waals surface area contributed by atoms with E-state index < -0.39 is 0 Å². The van der Waals surface area contributed by atoms with E-state index in [1.165, 1.54) is 19.3 Å². The molecule has 2 unspecified atom stereocenters. The number of carbonyl (C=O) groups is 1. The Balaban J connectivity index is 1.59. The summed E-state index contributed by atoms with van der Waals surface area (Å²) in [5.74, 6) is 1.48. The van der Waals surface area contributed by atoms with Crippen molar-refractivity contribution in [3.8, 4) is 0 Å². The van der Waals surface area contributed by atoms with Crippen LogP contribution in [0.5, 0.6) is 0 Å². The molecule has 1 aromatic carbocycles. The zero-order valence-corrected chi connectivity index (χ0v) is 11.1. The molecule has 3 rings (SSSR count). The van der Waals surface area contributed by atoms with Crippen LogP contribution in [0.3, 0.4) is 0 Å². The summed E-state index contributed by atoms with van der Waals surface area (Å²) < 4.78 is 0. The highest BCUT2D eigenvalue weighted by Crippen LogP contribution is 2.37. The topological polar surface area (TPSA) is 58.4 Å². The molecule has 4 heteroatoms. The number of nitrogens with zero attached hydrogens (tertiary/aromatic N) is 1. The Morgan fingerprint density at radius 3 is 2.42 bits per heavy atom. The first kappa shape index (κ1) is 12.5. The van der Waals surface area contributed by atoms with Gasteiger partial charge in [0, 0.05) is 25.3 Å². The van der Waals surface area contributed by atoms with Crippen molar-refractivity contribution in [2.45, 2.75) is 25.8 Å². The van der Waals surface area contributed by atoms with E-state index in [1.807, 2.05) is 29.2 Å². The number of nitrogens with one attached hydrogen (secondary N) is 1. The largest absolute Gasteiger partial charge is 0.326 e. The summed E-state index contributed by atoms with van der Waals surface area (Å²) in [7, 11) is 0. The number of hydrogen-bond acceptors (Lipinski definition) is 2. The van der Waals surface area contributed by atoms with E-state index in [9.17, 15) is 4.79 Å². The first-order valence-electron chi connectivity index (χ1n) is 7.11. The van der Waals surface area contributed by atoms with Crippen molar-refractivity contribution in [3.05, 3.63) is 29.8 Å². The molecule has 1 aromatic rings. The number of likely N-dealkylation sites (tertiary alicyclic amines) is 1. The van der Waals surface area contributed by atoms with E-state index in [0.717, 1.165) is 36.2 Å². The van der Waals surface area contributed by atoms with Crippen LogP contribution in [-0.2, 0) is 6.54 Å². The van der Waals surface area contributed by atoms with Gasteiger partial charge in [0.15, 0.2) is 0 Å². The molecular formula is C15H21N3O. The molecule has 2 atom stereocenters. The van der Waals surface area contributed by atoms with Crippen LogP contribution >= 0.6 is 0 Å². The molecular weight excluding hydrogens is 238 g/mol. The average Bonchev–Trinajstić information content (AvgIpc) is 3.00. The summed E-state index contributed by atoms with van der Waals surface area (Å²) >= 11 is 0. The minimum absolute atomic E-state index is 0.0369. The van der Waals surface area contributed by atoms with Gasteiger partial charge in [0.1, 0.15) is 0 Å². The summed E-state index contributed by atoms with van der Waals surface area (Å²) in [4.78, 5) is 14.2. The highest BCUT2D eigenvalue weighted by molar-refractivity contribution is 5.89. The fraction of sp³-hybridized carbons (Fsp3) is 0.533. The monoisotopic (exact) mass is 259 g/mol. The molecule has 3 N–H and O–H groups in total. The predicted molar refractivity (Wildman–Crippen MR) is 75.8 cm³/mol. The van der Waals surface area contributed by atoms with E-state index in [-0.39, 0.29) is 6.03 Å². The Kier molecular flexibility index (Phi) is 3.42. The van der Waals surface area contributed by atoms with Gasteiger partial charge in [-0.05, 0) is 42.4 Å². The van der Waals surface area contributed by atoms with Gasteiger partial charge in [-0.15, -0.1) is 0 Å². The van der Waals surface area contributed by atoms with Crippen LogP contribution in [0.4, 0.5) is 10.5 Å². The minimum atomic E-state index is 0.0369. The number of hydrogen-bond donors (Lipinski definition) is 2. The molecule has 19 heavy (non-hydrogen) atoms. The second-order valence-electron chi connectivity index (χ2n) is 5.69. The first-order chi connectivity index (χ1) is 9.26. The molecule has 1 aliphatic carbocycles. The van der Waals surface area contributed by atoms with Crippen LogP contribution < -0.4 is 11.1 Å². The fourth-order valence-corrected chi connectivity index (χ4v) is 3.33. The van der Waals surface area contributed by atoms with Crippen LogP contribution in [0, 0.1) is 11.8 Å². The first-order valence-corrected chi connectivity index (χ1v) is 7.11. The molecule has 1 saturated carbocycles. The van der Waals surface area contributed by atoms with E-state index in [1.54, 1.807) is 0 Å². The summed E-state index contributed by atoms with van der Waals surface area (Å²) in [6.07, 6.45) is 3.92. The molecule has 0 radical (unpaired) electrons. The van der Waals surface area contributed by atoms with E-state index in [4.69, 9.17) is 5.73 Å². The number of anilines is 1. The van der Waals surface area contributed by atoms with Gasteiger partial charge in [-0.25, -0.2) is 4.79 Å². The molecule has 1 heterocycles. The average molecular weight is 259 g/mol. The zero-order valence-electron chi connectivity index (χ0n) is 11.1. The SMILES string of the molecule is NCc1ccc(NC(=O)N2CC3CCCC3C2)cc1. The van der Waals surface area contributed by atoms with Crippen molar-refractivity contribution < 1.29 is 4.79 Å². The number of nitrogens with two attached hydrogens (primary N) is 1. The normalized spacial score (nSPS) is 25.4. The maximum Gasteiger partial charge on any atom is 0.321 e. The number of urea groups is 1. The molecule has 0 spiro atoms. The molecule has 1 aliphatic heterocycles. The van der Waals surface area contributed by atoms with Crippen LogP contribution in [0.2, 0.25) is 0 Å². The highest BCUT2D eigenvalue weighted by atomic mass is 16.2. The maximum absolute atomic E-state index is 12.2. The van der Waals surface area contributed by atoms with Crippen LogP contribution in [0.25, 0.3) is 0 Å². The second-order valence-corrected chi connectivity index (χ2v) is 5.69. The molecule has 2 aliphatic rings. The van der Waals surface area contributed by atoms with Gasteiger partial charge in [0.2, 0.25) is 0 Å². The van der Waals surface area contributed by atoms with Gasteiger partial charge in [-0.1, -0.05) is 18.6 Å². The Bertz CT molecular complexity index is 445. The molecule has 2 amide bonds. The van der Waals surface area contributed by atoms with E-state index >= 15 is 0 Å². The Labute approximate surface area is 114 Å². The van der Waals surface area contributed by atoms with Crippen molar-refractivity contribution in [3.63, 3.8) is 0 Å². The smallest absolute Gasteiger partial charge is 0.321 e. The van der Waals surface area contributed by atoms with Gasteiger partial charge in [-0.2, -0.15) is 0 Å². The lowest BCUT2D eigenvalue weighted by atomic mass is 10.0. The lowest BCUT2D eigenvalue weighted by Crippen LogP contribution is -2.33. The lowest BCUT2D eigenvalue weighted by molar-refractivity contribution is 0.219. The van der Waals surface area contributed by atoms with Gasteiger partial charge in [-0.3, -0.25) is 0 Å². The molecule has 0 bridgehead atoms. The van der Waals surface area contributed by atoms with Gasteiger partial charge >= 0.3 is 6.03 Å².